The maximum absolute atomic E-state index is 13.8. The van der Waals surface area contributed by atoms with Crippen molar-refractivity contribution in [3.8, 4) is 11.5 Å². The van der Waals surface area contributed by atoms with Crippen molar-refractivity contribution in [3.05, 3.63) is 66.2 Å². The number of hydrogen-bond acceptors (Lipinski definition) is 4. The van der Waals surface area contributed by atoms with Crippen molar-refractivity contribution >= 4 is 28.7 Å². The number of aromatic nitrogens is 2. The van der Waals surface area contributed by atoms with E-state index in [0.29, 0.717) is 40.1 Å². The van der Waals surface area contributed by atoms with Crippen molar-refractivity contribution < 1.29 is 13.9 Å². The summed E-state index contributed by atoms with van der Waals surface area (Å²) in [6.45, 7) is 0.332. The van der Waals surface area contributed by atoms with Crippen LogP contribution in [0.5, 0.6) is 11.5 Å². The van der Waals surface area contributed by atoms with Gasteiger partial charge in [-0.15, -0.1) is 0 Å². The third kappa shape index (κ3) is 4.73. The number of hydrogen-bond donors (Lipinski definition) is 2. The van der Waals surface area contributed by atoms with Crippen LogP contribution >= 0.6 is 12.2 Å². The van der Waals surface area contributed by atoms with Crippen LogP contribution in [0.4, 0.5) is 15.8 Å². The van der Waals surface area contributed by atoms with E-state index >= 15 is 0 Å². The molecule has 0 atom stereocenters. The fourth-order valence-electron chi connectivity index (χ4n) is 2.51. The Morgan fingerprint density at radius 2 is 1.96 bits per heavy atom. The highest BCUT2D eigenvalue weighted by Crippen LogP contribution is 2.29. The molecule has 0 aliphatic rings. The number of nitrogens with zero attached hydrogens (tertiary/aromatic N) is 2. The van der Waals surface area contributed by atoms with E-state index in [4.69, 9.17) is 21.7 Å². The highest BCUT2D eigenvalue weighted by atomic mass is 32.1. The van der Waals surface area contributed by atoms with Crippen molar-refractivity contribution in [2.75, 3.05) is 24.9 Å². The van der Waals surface area contributed by atoms with Gasteiger partial charge in [0.25, 0.3) is 0 Å². The number of ether oxygens (including phenoxy) is 2. The van der Waals surface area contributed by atoms with E-state index in [0.717, 1.165) is 0 Å². The third-order valence-electron chi connectivity index (χ3n) is 3.84. The summed E-state index contributed by atoms with van der Waals surface area (Å²) in [5, 5.41) is 10.7. The molecule has 140 valence electrons. The fourth-order valence-corrected chi connectivity index (χ4v) is 2.74. The van der Waals surface area contributed by atoms with E-state index in [1.165, 1.54) is 6.07 Å². The van der Waals surface area contributed by atoms with E-state index in [9.17, 15) is 4.39 Å². The van der Waals surface area contributed by atoms with E-state index in [1.807, 2.05) is 0 Å². The average molecular weight is 386 g/mol. The Labute approximate surface area is 161 Å². The molecule has 0 saturated heterocycles. The zero-order valence-electron chi connectivity index (χ0n) is 14.9. The molecule has 1 aromatic heterocycles. The van der Waals surface area contributed by atoms with E-state index in [1.54, 1.807) is 67.7 Å². The lowest BCUT2D eigenvalue weighted by Crippen LogP contribution is -2.19. The van der Waals surface area contributed by atoms with Gasteiger partial charge in [-0.25, -0.2) is 4.39 Å². The summed E-state index contributed by atoms with van der Waals surface area (Å²) >= 11 is 5.35. The van der Waals surface area contributed by atoms with Gasteiger partial charge in [-0.3, -0.25) is 4.68 Å². The molecule has 0 aliphatic carbocycles. The largest absolute Gasteiger partial charge is 0.497 e. The molecule has 2 N–H and O–H groups in total. The van der Waals surface area contributed by atoms with Crippen molar-refractivity contribution in [1.82, 2.24) is 9.78 Å². The van der Waals surface area contributed by atoms with Crippen LogP contribution in [-0.2, 0) is 6.54 Å². The summed E-state index contributed by atoms with van der Waals surface area (Å²) in [7, 11) is 3.17. The Hall–Kier alpha value is -3.13. The van der Waals surface area contributed by atoms with Gasteiger partial charge in [0, 0.05) is 17.8 Å². The minimum Gasteiger partial charge on any atom is -0.497 e. The third-order valence-corrected chi connectivity index (χ3v) is 4.04. The van der Waals surface area contributed by atoms with Gasteiger partial charge in [0.2, 0.25) is 0 Å². The standard InChI is InChI=1S/C19H19FN4O2S/c1-25-15-7-8-18(26-2)17(9-15)23-19(27)22-14-10-21-24(12-14)11-13-5-3-4-6-16(13)20/h3-10,12H,11H2,1-2H3,(H2,22,23,27). The number of halogens is 1. The first kappa shape index (κ1) is 18.7. The highest BCUT2D eigenvalue weighted by molar-refractivity contribution is 7.80. The van der Waals surface area contributed by atoms with Gasteiger partial charge >= 0.3 is 0 Å². The Morgan fingerprint density at radius 3 is 2.70 bits per heavy atom. The maximum Gasteiger partial charge on any atom is 0.175 e. The number of nitrogens with one attached hydrogen (secondary N) is 2. The van der Waals surface area contributed by atoms with E-state index < -0.39 is 0 Å². The molecule has 2 aromatic carbocycles. The number of anilines is 2. The molecule has 27 heavy (non-hydrogen) atoms. The lowest BCUT2D eigenvalue weighted by atomic mass is 10.2. The van der Waals surface area contributed by atoms with Gasteiger partial charge in [-0.1, -0.05) is 18.2 Å². The SMILES string of the molecule is COc1ccc(OC)c(NC(=S)Nc2cnn(Cc3ccccc3F)c2)c1. The number of thiocarbonyl (C=S) groups is 1. The molecule has 3 rings (SSSR count). The maximum atomic E-state index is 13.8. The Morgan fingerprint density at radius 1 is 1.15 bits per heavy atom. The molecule has 6 nitrogen and oxygen atoms in total. The van der Waals surface area contributed by atoms with Gasteiger partial charge in [-0.05, 0) is 30.4 Å². The second kappa shape index (κ2) is 8.50. The van der Waals surface area contributed by atoms with Gasteiger partial charge in [-0.2, -0.15) is 5.10 Å². The second-order valence-corrected chi connectivity index (χ2v) is 6.07. The van der Waals surface area contributed by atoms with Crippen LogP contribution < -0.4 is 20.1 Å². The normalized spacial score (nSPS) is 10.3. The molecule has 0 bridgehead atoms. The molecular formula is C19H19FN4O2S. The summed E-state index contributed by atoms with van der Waals surface area (Å²) in [6.07, 6.45) is 3.38. The minimum absolute atomic E-state index is 0.259. The second-order valence-electron chi connectivity index (χ2n) is 5.66. The van der Waals surface area contributed by atoms with Crippen LogP contribution in [-0.4, -0.2) is 29.1 Å². The Balaban J connectivity index is 1.65. The van der Waals surface area contributed by atoms with Crippen molar-refractivity contribution in [3.63, 3.8) is 0 Å². The quantitative estimate of drug-likeness (QED) is 0.627. The molecule has 0 spiro atoms. The Kier molecular flexibility index (Phi) is 5.87. The smallest absolute Gasteiger partial charge is 0.175 e. The van der Waals surface area contributed by atoms with Crippen LogP contribution in [0.25, 0.3) is 0 Å². The zero-order valence-corrected chi connectivity index (χ0v) is 15.7. The van der Waals surface area contributed by atoms with Crippen molar-refractivity contribution in [2.24, 2.45) is 0 Å². The molecular weight excluding hydrogens is 367 g/mol. The van der Waals surface area contributed by atoms with Gasteiger partial charge in [0.05, 0.1) is 38.3 Å². The fraction of sp³-hybridized carbons (Fsp3) is 0.158. The summed E-state index contributed by atoms with van der Waals surface area (Å²) in [6, 6.07) is 12.0. The van der Waals surface area contributed by atoms with Crippen LogP contribution in [0.15, 0.2) is 54.9 Å². The first-order valence-electron chi connectivity index (χ1n) is 8.15. The van der Waals surface area contributed by atoms with E-state index in [2.05, 4.69) is 15.7 Å². The van der Waals surface area contributed by atoms with Gasteiger partial charge in [0.1, 0.15) is 17.3 Å². The predicted molar refractivity (Wildman–Crippen MR) is 107 cm³/mol. The molecule has 0 amide bonds. The molecule has 1 heterocycles. The number of benzene rings is 2. The van der Waals surface area contributed by atoms with Crippen molar-refractivity contribution in [1.29, 1.82) is 0 Å². The summed E-state index contributed by atoms with van der Waals surface area (Å²) in [5.41, 5.74) is 1.92. The summed E-state index contributed by atoms with van der Waals surface area (Å²) in [4.78, 5) is 0. The monoisotopic (exact) mass is 386 g/mol. The summed E-state index contributed by atoms with van der Waals surface area (Å²) in [5.74, 6) is 1.05. The molecule has 0 unspecified atom stereocenters. The first-order chi connectivity index (χ1) is 13.1. The Bertz CT molecular complexity index is 945. The van der Waals surface area contributed by atoms with Crippen molar-refractivity contribution in [2.45, 2.75) is 6.54 Å². The molecule has 0 fully saturated rings. The molecule has 0 aliphatic heterocycles. The topological polar surface area (TPSA) is 60.3 Å². The summed E-state index contributed by atoms with van der Waals surface area (Å²) < 4.78 is 25.9. The predicted octanol–water partition coefficient (Wildman–Crippen LogP) is 3.90. The van der Waals surface area contributed by atoms with E-state index in [-0.39, 0.29) is 5.82 Å². The van der Waals surface area contributed by atoms with Crippen LogP contribution in [0.1, 0.15) is 5.56 Å². The van der Waals surface area contributed by atoms with Gasteiger partial charge < -0.3 is 20.1 Å². The highest BCUT2D eigenvalue weighted by Gasteiger charge is 2.09. The molecule has 8 heteroatoms. The molecule has 0 radical (unpaired) electrons. The number of methoxy groups -OCH3 is 2. The minimum atomic E-state index is -0.259. The first-order valence-corrected chi connectivity index (χ1v) is 8.56. The zero-order chi connectivity index (χ0) is 19.2. The lowest BCUT2D eigenvalue weighted by Gasteiger charge is -2.13. The van der Waals surface area contributed by atoms with Crippen LogP contribution in [0.3, 0.4) is 0 Å². The molecule has 3 aromatic rings. The molecule has 0 saturated carbocycles. The number of rotatable bonds is 6. The van der Waals surface area contributed by atoms with Gasteiger partial charge in [0.15, 0.2) is 5.11 Å². The van der Waals surface area contributed by atoms with Crippen LogP contribution in [0.2, 0.25) is 0 Å². The lowest BCUT2D eigenvalue weighted by molar-refractivity contribution is 0.405. The average Bonchev–Trinajstić information content (AvgIpc) is 3.10. The van der Waals surface area contributed by atoms with Crippen LogP contribution in [0, 0.1) is 5.82 Å².